The van der Waals surface area contributed by atoms with Crippen molar-refractivity contribution in [1.82, 2.24) is 5.32 Å². The second-order valence-corrected chi connectivity index (χ2v) is 9.99. The topological polar surface area (TPSA) is 84.9 Å². The van der Waals surface area contributed by atoms with Gasteiger partial charge in [-0.2, -0.15) is 0 Å². The molecule has 0 bridgehead atoms. The second kappa shape index (κ2) is 10.9. The van der Waals surface area contributed by atoms with Crippen LogP contribution in [0, 0.1) is 6.92 Å². The van der Waals surface area contributed by atoms with Crippen LogP contribution in [0.4, 0.5) is 10.5 Å². The second-order valence-electron chi connectivity index (χ2n) is 7.84. The number of urea groups is 1. The van der Waals surface area contributed by atoms with Crippen LogP contribution in [-0.2, 0) is 16.2 Å². The Kier molecular flexibility index (Phi) is 7.82. The molecule has 1 saturated heterocycles. The van der Waals surface area contributed by atoms with Gasteiger partial charge in [0.05, 0.1) is 17.3 Å². The molecule has 0 saturated carbocycles. The molecule has 1 aliphatic heterocycles. The summed E-state index contributed by atoms with van der Waals surface area (Å²) in [6.45, 7) is 2.11. The molecule has 36 heavy (non-hydrogen) atoms. The summed E-state index contributed by atoms with van der Waals surface area (Å²) in [5.41, 5.74) is 2.40. The third kappa shape index (κ3) is 5.48. The Bertz CT molecular complexity index is 1410. The van der Waals surface area contributed by atoms with Crippen LogP contribution in [0.2, 0.25) is 5.02 Å². The summed E-state index contributed by atoms with van der Waals surface area (Å²) in [6, 6.07) is 14.8. The number of methoxy groups -OCH3 is 1. The Labute approximate surface area is 229 Å². The highest BCUT2D eigenvalue weighted by Gasteiger charge is 2.37. The molecule has 0 spiro atoms. The van der Waals surface area contributed by atoms with E-state index in [-0.39, 0.29) is 12.2 Å². The number of anilines is 1. The summed E-state index contributed by atoms with van der Waals surface area (Å²) in [4.78, 5) is 39.2. The molecule has 0 atom stereocenters. The molecule has 0 aliphatic carbocycles. The van der Waals surface area contributed by atoms with Gasteiger partial charge in [0, 0.05) is 9.50 Å². The highest BCUT2D eigenvalue weighted by Crippen LogP contribution is 2.38. The van der Waals surface area contributed by atoms with Crippen molar-refractivity contribution in [3.05, 3.63) is 90.8 Å². The monoisotopic (exact) mass is 632 g/mol. The number of hydrogen-bond donors (Lipinski definition) is 1. The van der Waals surface area contributed by atoms with Crippen molar-refractivity contribution in [1.29, 1.82) is 0 Å². The number of barbiturate groups is 1. The lowest BCUT2D eigenvalue weighted by atomic mass is 10.1. The molecular formula is C26H19Br2ClN2O5. The molecule has 4 amide bonds. The summed E-state index contributed by atoms with van der Waals surface area (Å²) in [7, 11) is 1.49. The molecular weight excluding hydrogens is 616 g/mol. The largest absolute Gasteiger partial charge is 0.493 e. The molecule has 1 heterocycles. The predicted molar refractivity (Wildman–Crippen MR) is 144 cm³/mol. The zero-order chi connectivity index (χ0) is 26.0. The lowest BCUT2D eigenvalue weighted by molar-refractivity contribution is -0.122. The number of halogens is 3. The van der Waals surface area contributed by atoms with E-state index < -0.39 is 17.8 Å². The van der Waals surface area contributed by atoms with Gasteiger partial charge in [-0.05, 0) is 88.1 Å². The fourth-order valence-corrected chi connectivity index (χ4v) is 4.47. The zero-order valence-electron chi connectivity index (χ0n) is 19.1. The molecule has 0 aromatic heterocycles. The fourth-order valence-electron chi connectivity index (χ4n) is 3.53. The van der Waals surface area contributed by atoms with Crippen molar-refractivity contribution < 1.29 is 23.9 Å². The van der Waals surface area contributed by atoms with Gasteiger partial charge >= 0.3 is 6.03 Å². The molecule has 0 unspecified atom stereocenters. The molecule has 3 aromatic carbocycles. The van der Waals surface area contributed by atoms with Crippen LogP contribution >= 0.6 is 43.5 Å². The first-order valence-corrected chi connectivity index (χ1v) is 12.6. The molecule has 4 rings (SSSR count). The Morgan fingerprint density at radius 3 is 2.39 bits per heavy atom. The molecule has 7 nitrogen and oxygen atoms in total. The van der Waals surface area contributed by atoms with E-state index in [9.17, 15) is 14.4 Å². The number of rotatable bonds is 6. The van der Waals surface area contributed by atoms with Crippen LogP contribution in [-0.4, -0.2) is 25.0 Å². The van der Waals surface area contributed by atoms with E-state index in [4.69, 9.17) is 21.1 Å². The zero-order valence-corrected chi connectivity index (χ0v) is 23.0. The van der Waals surface area contributed by atoms with Crippen molar-refractivity contribution in [3.63, 3.8) is 0 Å². The number of amides is 4. The van der Waals surface area contributed by atoms with Gasteiger partial charge in [0.25, 0.3) is 11.8 Å². The van der Waals surface area contributed by atoms with Crippen LogP contribution < -0.4 is 19.7 Å². The number of carbonyl (C=O) groups excluding carboxylic acids is 3. The molecule has 1 fully saturated rings. The number of ether oxygens (including phenoxy) is 2. The average molecular weight is 635 g/mol. The minimum Gasteiger partial charge on any atom is -0.493 e. The van der Waals surface area contributed by atoms with Gasteiger partial charge in [0.2, 0.25) is 0 Å². The molecule has 10 heteroatoms. The quantitative estimate of drug-likeness (QED) is 0.250. The maximum Gasteiger partial charge on any atom is 0.335 e. The van der Waals surface area contributed by atoms with Gasteiger partial charge < -0.3 is 9.47 Å². The Balaban J connectivity index is 1.64. The summed E-state index contributed by atoms with van der Waals surface area (Å²) < 4.78 is 12.8. The van der Waals surface area contributed by atoms with Crippen molar-refractivity contribution in [3.8, 4) is 11.5 Å². The number of nitrogens with one attached hydrogen (secondary N) is 1. The first-order valence-electron chi connectivity index (χ1n) is 10.6. The van der Waals surface area contributed by atoms with Gasteiger partial charge in [-0.25, -0.2) is 9.69 Å². The summed E-state index contributed by atoms with van der Waals surface area (Å²) in [6.07, 6.45) is 1.40. The van der Waals surface area contributed by atoms with Crippen molar-refractivity contribution in [2.24, 2.45) is 0 Å². The summed E-state index contributed by atoms with van der Waals surface area (Å²) >= 11 is 12.8. The molecule has 3 aromatic rings. The van der Waals surface area contributed by atoms with E-state index in [1.165, 1.54) is 13.2 Å². The maximum atomic E-state index is 13.2. The van der Waals surface area contributed by atoms with Crippen LogP contribution in [0.25, 0.3) is 6.08 Å². The normalized spacial score (nSPS) is 14.8. The van der Waals surface area contributed by atoms with Crippen molar-refractivity contribution in [2.75, 3.05) is 12.0 Å². The fraction of sp³-hybridized carbons (Fsp3) is 0.115. The lowest BCUT2D eigenvalue weighted by Gasteiger charge is -2.26. The van der Waals surface area contributed by atoms with E-state index >= 15 is 0 Å². The van der Waals surface area contributed by atoms with E-state index in [2.05, 4.69) is 37.2 Å². The number of imide groups is 2. The van der Waals surface area contributed by atoms with Crippen molar-refractivity contribution in [2.45, 2.75) is 13.5 Å². The van der Waals surface area contributed by atoms with E-state index in [0.29, 0.717) is 32.2 Å². The van der Waals surface area contributed by atoms with Gasteiger partial charge in [-0.3, -0.25) is 14.9 Å². The number of carbonyl (C=O) groups is 3. The lowest BCUT2D eigenvalue weighted by Crippen LogP contribution is -2.54. The predicted octanol–water partition coefficient (Wildman–Crippen LogP) is 6.43. The van der Waals surface area contributed by atoms with Gasteiger partial charge in [0.1, 0.15) is 12.2 Å². The molecule has 184 valence electrons. The minimum atomic E-state index is -0.811. The van der Waals surface area contributed by atoms with Crippen LogP contribution in [0.3, 0.4) is 0 Å². The summed E-state index contributed by atoms with van der Waals surface area (Å²) in [5.74, 6) is -0.668. The number of hydrogen-bond acceptors (Lipinski definition) is 5. The number of benzene rings is 3. The SMILES string of the molecule is COc1cc(/C=C2\C(=O)NC(=O)N(c3ccc(Br)c(C)c3)C2=O)cc(Br)c1OCc1ccc(Cl)cc1. The Morgan fingerprint density at radius 1 is 1.00 bits per heavy atom. The standard InChI is InChI=1S/C26H19Br2ClN2O5/c1-14-9-18(7-8-20(14)27)31-25(33)19(24(32)30-26(31)34)10-16-11-21(28)23(22(12-16)35-2)36-13-15-3-5-17(29)6-4-15/h3-12H,13H2,1-2H3,(H,30,32,34)/b19-10+. The smallest absolute Gasteiger partial charge is 0.335 e. The summed E-state index contributed by atoms with van der Waals surface area (Å²) in [5, 5.41) is 2.86. The average Bonchev–Trinajstić information content (AvgIpc) is 2.84. The third-order valence-corrected chi connectivity index (χ3v) is 7.09. The van der Waals surface area contributed by atoms with Crippen molar-refractivity contribution >= 4 is 73.1 Å². The minimum absolute atomic E-state index is 0.195. The third-order valence-electron chi connectivity index (χ3n) is 5.36. The van der Waals surface area contributed by atoms with Gasteiger partial charge in [0.15, 0.2) is 11.5 Å². The molecule has 1 N–H and O–H groups in total. The van der Waals surface area contributed by atoms with Gasteiger partial charge in [-0.1, -0.05) is 39.7 Å². The van der Waals surface area contributed by atoms with Crippen LogP contribution in [0.5, 0.6) is 11.5 Å². The molecule has 0 radical (unpaired) electrons. The van der Waals surface area contributed by atoms with E-state index in [1.807, 2.05) is 19.1 Å². The van der Waals surface area contributed by atoms with Crippen LogP contribution in [0.1, 0.15) is 16.7 Å². The first-order chi connectivity index (χ1) is 17.2. The van der Waals surface area contributed by atoms with E-state index in [0.717, 1.165) is 20.5 Å². The van der Waals surface area contributed by atoms with Crippen LogP contribution in [0.15, 0.2) is 69.1 Å². The number of nitrogens with zero attached hydrogens (tertiary/aromatic N) is 1. The Hall–Kier alpha value is -3.14. The van der Waals surface area contributed by atoms with Gasteiger partial charge in [-0.15, -0.1) is 0 Å². The first kappa shape index (κ1) is 25.9. The highest BCUT2D eigenvalue weighted by atomic mass is 79.9. The highest BCUT2D eigenvalue weighted by molar-refractivity contribution is 9.10. The number of aryl methyl sites for hydroxylation is 1. The molecule has 1 aliphatic rings. The Morgan fingerprint density at radius 2 is 1.72 bits per heavy atom. The maximum absolute atomic E-state index is 13.2. The van der Waals surface area contributed by atoms with E-state index in [1.54, 1.807) is 42.5 Å².